The highest BCUT2D eigenvalue weighted by molar-refractivity contribution is 6.23. The van der Waals surface area contributed by atoms with Crippen LogP contribution in [0.15, 0.2) is 12.1 Å². The Hall–Kier alpha value is -5.24. The van der Waals surface area contributed by atoms with Crippen molar-refractivity contribution in [1.29, 1.82) is 0 Å². The largest absolute Gasteiger partial charge is 0.270 e. The zero-order valence-electron chi connectivity index (χ0n) is 16.1. The summed E-state index contributed by atoms with van der Waals surface area (Å²) in [5.74, 6) is -5.96. The molecule has 0 saturated carbocycles. The third-order valence-electron chi connectivity index (χ3n) is 4.97. The van der Waals surface area contributed by atoms with Crippen LogP contribution in [-0.2, 0) is 0 Å². The molecule has 0 aliphatic heterocycles. The molecule has 34 heavy (non-hydrogen) atoms. The fourth-order valence-electron chi connectivity index (χ4n) is 3.55. The van der Waals surface area contributed by atoms with Gasteiger partial charge in [-0.15, -0.1) is 0 Å². The molecule has 160 valence electrons. The van der Waals surface area contributed by atoms with Crippen molar-refractivity contribution in [3.8, 4) is 0 Å². The topological polar surface area (TPSA) is 112 Å². The van der Waals surface area contributed by atoms with Crippen molar-refractivity contribution in [2.24, 2.45) is 0 Å². The minimum Gasteiger partial charge on any atom is -0.250 e. The number of rotatable bonds is 0. The molecule has 4 heterocycles. The van der Waals surface area contributed by atoms with E-state index in [-0.39, 0.29) is 66.8 Å². The summed E-state index contributed by atoms with van der Waals surface area (Å²) >= 11 is 0. The molecule has 0 saturated heterocycles. The quantitative estimate of drug-likeness (QED) is 0.144. The van der Waals surface area contributed by atoms with Crippen LogP contribution in [-0.4, -0.2) is 39.9 Å². The van der Waals surface area contributed by atoms with Crippen molar-refractivity contribution in [1.82, 2.24) is 39.9 Å². The van der Waals surface area contributed by atoms with E-state index in [2.05, 4.69) is 49.6 Å². The summed E-state index contributed by atoms with van der Waals surface area (Å²) < 4.78 is 54.7. The third kappa shape index (κ3) is 2.59. The lowest BCUT2D eigenvalue weighted by molar-refractivity contribution is 0.458. The van der Waals surface area contributed by atoms with Crippen molar-refractivity contribution < 1.29 is 17.6 Å². The van der Waals surface area contributed by atoms with Gasteiger partial charge in [-0.05, 0) is 10.8 Å². The molecule has 0 atom stereocenters. The lowest BCUT2D eigenvalue weighted by Crippen LogP contribution is -2.03. The second kappa shape index (κ2) is 6.63. The average molecular weight is 458 g/mol. The zero-order chi connectivity index (χ0) is 23.7. The van der Waals surface area contributed by atoms with E-state index in [4.69, 9.17) is 13.1 Å². The van der Waals surface area contributed by atoms with Crippen molar-refractivity contribution >= 4 is 66.8 Å². The van der Waals surface area contributed by atoms with Gasteiger partial charge in [0.2, 0.25) is 22.6 Å². The molecule has 10 nitrogen and oxygen atoms in total. The second-order valence-corrected chi connectivity index (χ2v) is 6.86. The van der Waals surface area contributed by atoms with Gasteiger partial charge < -0.3 is 0 Å². The van der Waals surface area contributed by atoms with Crippen LogP contribution in [0.3, 0.4) is 0 Å². The molecular formula is C20H2F4N10. The third-order valence-corrected chi connectivity index (χ3v) is 4.97. The summed E-state index contributed by atoms with van der Waals surface area (Å²) in [5.41, 5.74) is -1.32. The van der Waals surface area contributed by atoms with Gasteiger partial charge in [-0.2, -0.15) is 37.5 Å². The summed E-state index contributed by atoms with van der Waals surface area (Å²) in [6.45, 7) is 14.8. The summed E-state index contributed by atoms with van der Waals surface area (Å²) in [6.07, 6.45) is 0. The number of fused-ring (bicyclic) bond motifs is 8. The number of halogens is 4. The van der Waals surface area contributed by atoms with Gasteiger partial charge in [-0.1, -0.05) is 12.1 Å². The summed E-state index contributed by atoms with van der Waals surface area (Å²) in [7, 11) is 0. The maximum Gasteiger partial charge on any atom is 0.270 e. The van der Waals surface area contributed by atoms with Crippen LogP contribution in [0, 0.1) is 36.9 Å². The predicted molar refractivity (Wildman–Crippen MR) is 109 cm³/mol. The maximum atomic E-state index is 13.7. The number of aromatic nitrogens is 8. The lowest BCUT2D eigenvalue weighted by atomic mass is 10.0. The molecule has 0 aliphatic rings. The Kier molecular flexibility index (Phi) is 3.79. The normalized spacial score (nSPS) is 11.5. The van der Waals surface area contributed by atoms with Gasteiger partial charge in [0, 0.05) is 0 Å². The highest BCUT2D eigenvalue weighted by Gasteiger charge is 2.21. The van der Waals surface area contributed by atoms with Gasteiger partial charge in [0.1, 0.15) is 22.1 Å². The van der Waals surface area contributed by atoms with Gasteiger partial charge in [-0.25, -0.2) is 19.9 Å². The first-order chi connectivity index (χ1) is 16.4. The van der Waals surface area contributed by atoms with E-state index in [9.17, 15) is 17.6 Å². The molecule has 4 aromatic heterocycles. The molecule has 0 unspecified atom stereocenters. The minimum absolute atomic E-state index is 0.0110. The lowest BCUT2D eigenvalue weighted by Gasteiger charge is -2.10. The van der Waals surface area contributed by atoms with Crippen LogP contribution >= 0.6 is 0 Å². The maximum absolute atomic E-state index is 13.7. The SMILES string of the molecule is [C-]#[N+]c1cc2c(cc1[N+]#[C-])c1nc3nc(F)c(F)nc3nc1c1nc3nc(F)c(F)nc3nc21. The summed E-state index contributed by atoms with van der Waals surface area (Å²) in [4.78, 5) is 37.2. The molecular weight excluding hydrogens is 456 g/mol. The molecule has 2 aromatic carbocycles. The number of nitrogens with zero attached hydrogens (tertiary/aromatic N) is 10. The van der Waals surface area contributed by atoms with E-state index in [1.165, 1.54) is 12.1 Å². The van der Waals surface area contributed by atoms with E-state index in [0.717, 1.165) is 0 Å². The molecule has 0 bridgehead atoms. The molecule has 0 N–H and O–H groups in total. The Balaban J connectivity index is 1.92. The highest BCUT2D eigenvalue weighted by atomic mass is 19.2. The molecule has 0 radical (unpaired) electrons. The van der Waals surface area contributed by atoms with Crippen molar-refractivity contribution in [2.45, 2.75) is 0 Å². The smallest absolute Gasteiger partial charge is 0.250 e. The standard InChI is InChI=1S/C20H2F4N10/c1-25-7-3-5-6(4-8(7)26-2)10-12(30-20-18(28-10)32-14(22)16(24)34-20)11-9(5)27-17-19(29-11)33-15(23)13(21)31-17/h3-4H. The molecule has 6 rings (SSSR count). The number of hydrogen-bond acceptors (Lipinski definition) is 8. The monoisotopic (exact) mass is 458 g/mol. The summed E-state index contributed by atoms with van der Waals surface area (Å²) in [6, 6.07) is 2.71. The molecule has 0 amide bonds. The minimum atomic E-state index is -1.50. The number of benzene rings is 2. The summed E-state index contributed by atoms with van der Waals surface area (Å²) in [5, 5.41) is 0.511. The Labute approximate surface area is 183 Å². The van der Waals surface area contributed by atoms with Crippen LogP contribution < -0.4 is 0 Å². The first kappa shape index (κ1) is 19.4. The van der Waals surface area contributed by atoms with Gasteiger partial charge in [-0.3, -0.25) is 9.69 Å². The van der Waals surface area contributed by atoms with Crippen LogP contribution in [0.2, 0.25) is 0 Å². The Morgan fingerprint density at radius 3 is 1.06 bits per heavy atom. The van der Waals surface area contributed by atoms with Gasteiger partial charge in [0.25, 0.3) is 23.8 Å². The van der Waals surface area contributed by atoms with Crippen molar-refractivity contribution in [3.05, 3.63) is 58.8 Å². The fraction of sp³-hybridized carbons (Fsp3) is 0. The molecule has 6 aromatic rings. The second-order valence-electron chi connectivity index (χ2n) is 6.86. The van der Waals surface area contributed by atoms with Crippen LogP contribution in [0.1, 0.15) is 0 Å². The van der Waals surface area contributed by atoms with E-state index in [1.807, 2.05) is 0 Å². The molecule has 0 fully saturated rings. The molecule has 14 heteroatoms. The van der Waals surface area contributed by atoms with Crippen LogP contribution in [0.5, 0.6) is 0 Å². The molecule has 0 spiro atoms. The first-order valence-electron chi connectivity index (χ1n) is 9.13. The highest BCUT2D eigenvalue weighted by Crippen LogP contribution is 2.39. The van der Waals surface area contributed by atoms with Crippen molar-refractivity contribution in [2.75, 3.05) is 0 Å². The van der Waals surface area contributed by atoms with E-state index >= 15 is 0 Å². The van der Waals surface area contributed by atoms with Crippen molar-refractivity contribution in [3.63, 3.8) is 0 Å². The van der Waals surface area contributed by atoms with Crippen LogP contribution in [0.25, 0.3) is 65.1 Å². The fourth-order valence-corrected chi connectivity index (χ4v) is 3.55. The average Bonchev–Trinajstić information content (AvgIpc) is 2.83. The van der Waals surface area contributed by atoms with Gasteiger partial charge in [0.05, 0.1) is 13.1 Å². The predicted octanol–water partition coefficient (Wildman–Crippen LogP) is 4.27. The van der Waals surface area contributed by atoms with Gasteiger partial charge >= 0.3 is 0 Å². The van der Waals surface area contributed by atoms with Crippen LogP contribution in [0.4, 0.5) is 28.9 Å². The Morgan fingerprint density at radius 2 is 0.765 bits per heavy atom. The molecule has 0 aliphatic carbocycles. The van der Waals surface area contributed by atoms with Gasteiger partial charge in [0.15, 0.2) is 11.4 Å². The Bertz CT molecular complexity index is 1850. The zero-order valence-corrected chi connectivity index (χ0v) is 16.1. The number of hydrogen-bond donors (Lipinski definition) is 0. The first-order valence-corrected chi connectivity index (χ1v) is 9.13. The Morgan fingerprint density at radius 1 is 0.471 bits per heavy atom. The van der Waals surface area contributed by atoms with E-state index < -0.39 is 23.8 Å². The van der Waals surface area contributed by atoms with E-state index in [1.54, 1.807) is 0 Å². The van der Waals surface area contributed by atoms with E-state index in [0.29, 0.717) is 0 Å².